The fourth-order valence-electron chi connectivity index (χ4n) is 1.39. The Labute approximate surface area is 95.8 Å². The first-order chi connectivity index (χ1) is 7.84. The van der Waals surface area contributed by atoms with Crippen molar-refractivity contribution in [3.63, 3.8) is 0 Å². The molecular weight excluding hydrogens is 237 g/mol. The molecule has 94 valence electrons. The molecule has 0 fully saturated rings. The Kier molecular flexibility index (Phi) is 3.98. The minimum Gasteiger partial charge on any atom is -0.496 e. The summed E-state index contributed by atoms with van der Waals surface area (Å²) in [4.78, 5) is 10.4. The Morgan fingerprint density at radius 3 is 2.53 bits per heavy atom. The van der Waals surface area contributed by atoms with E-state index in [9.17, 15) is 18.0 Å². The first-order valence-electron chi connectivity index (χ1n) is 4.80. The third-order valence-electron chi connectivity index (χ3n) is 2.22. The fourth-order valence-corrected chi connectivity index (χ4v) is 1.39. The standard InChI is InChI=1S/C11H11F3O3/c1-17-9-4-3-8(11(12,13)14)6-7(9)2-5-10(15)16/h3-4,6H,2,5H2,1H3,(H,15,16). The second kappa shape index (κ2) is 5.07. The van der Waals surface area contributed by atoms with Crippen LogP contribution >= 0.6 is 0 Å². The summed E-state index contributed by atoms with van der Waals surface area (Å²) in [5.74, 6) is -0.802. The molecule has 0 aromatic heterocycles. The Morgan fingerprint density at radius 1 is 1.41 bits per heavy atom. The molecule has 1 rings (SSSR count). The lowest BCUT2D eigenvalue weighted by molar-refractivity contribution is -0.137. The van der Waals surface area contributed by atoms with Crippen molar-refractivity contribution >= 4 is 5.97 Å². The number of halogens is 3. The third-order valence-corrected chi connectivity index (χ3v) is 2.22. The predicted molar refractivity (Wildman–Crippen MR) is 54.0 cm³/mol. The molecule has 0 amide bonds. The zero-order chi connectivity index (χ0) is 13.1. The van der Waals surface area contributed by atoms with Crippen LogP contribution in [0.2, 0.25) is 0 Å². The minimum atomic E-state index is -4.44. The molecule has 0 bridgehead atoms. The van der Waals surface area contributed by atoms with Gasteiger partial charge in [0.2, 0.25) is 0 Å². The first kappa shape index (κ1) is 13.3. The van der Waals surface area contributed by atoms with Crippen LogP contribution in [0.4, 0.5) is 13.2 Å². The van der Waals surface area contributed by atoms with Gasteiger partial charge in [0.1, 0.15) is 5.75 Å². The van der Waals surface area contributed by atoms with Gasteiger partial charge in [-0.3, -0.25) is 4.79 Å². The summed E-state index contributed by atoms with van der Waals surface area (Å²) in [5.41, 5.74) is -0.566. The molecule has 0 aliphatic carbocycles. The molecule has 1 N–H and O–H groups in total. The number of aliphatic carboxylic acids is 1. The highest BCUT2D eigenvalue weighted by Crippen LogP contribution is 2.32. The Morgan fingerprint density at radius 2 is 2.06 bits per heavy atom. The number of hydrogen-bond donors (Lipinski definition) is 1. The van der Waals surface area contributed by atoms with E-state index in [2.05, 4.69) is 0 Å². The molecule has 0 unspecified atom stereocenters. The minimum absolute atomic E-state index is 0.00241. The Hall–Kier alpha value is -1.72. The van der Waals surface area contributed by atoms with Crippen LogP contribution in [-0.4, -0.2) is 18.2 Å². The number of benzene rings is 1. The molecule has 0 aliphatic heterocycles. The third kappa shape index (κ3) is 3.65. The van der Waals surface area contributed by atoms with Gasteiger partial charge in [0, 0.05) is 6.42 Å². The maximum atomic E-state index is 12.4. The van der Waals surface area contributed by atoms with Gasteiger partial charge < -0.3 is 9.84 Å². The van der Waals surface area contributed by atoms with Gasteiger partial charge in [-0.2, -0.15) is 13.2 Å². The summed E-state index contributed by atoms with van der Waals surface area (Å²) in [6, 6.07) is 3.02. The Bertz CT molecular complexity index is 413. The summed E-state index contributed by atoms with van der Waals surface area (Å²) >= 11 is 0. The van der Waals surface area contributed by atoms with Crippen molar-refractivity contribution in [3.05, 3.63) is 29.3 Å². The van der Waals surface area contributed by atoms with E-state index in [1.165, 1.54) is 13.2 Å². The topological polar surface area (TPSA) is 46.5 Å². The molecule has 0 radical (unpaired) electrons. The van der Waals surface area contributed by atoms with Gasteiger partial charge in [0.05, 0.1) is 12.7 Å². The van der Waals surface area contributed by atoms with Crippen molar-refractivity contribution < 1.29 is 27.8 Å². The van der Waals surface area contributed by atoms with E-state index in [0.29, 0.717) is 0 Å². The second-order valence-corrected chi connectivity index (χ2v) is 3.42. The van der Waals surface area contributed by atoms with E-state index >= 15 is 0 Å². The molecule has 0 spiro atoms. The largest absolute Gasteiger partial charge is 0.496 e. The van der Waals surface area contributed by atoms with Crippen LogP contribution in [0.25, 0.3) is 0 Å². The van der Waals surface area contributed by atoms with Crippen molar-refractivity contribution in [2.24, 2.45) is 0 Å². The van der Waals surface area contributed by atoms with Crippen molar-refractivity contribution in [1.29, 1.82) is 0 Å². The zero-order valence-electron chi connectivity index (χ0n) is 9.04. The summed E-state index contributed by atoms with van der Waals surface area (Å²) in [5, 5.41) is 8.50. The van der Waals surface area contributed by atoms with Gasteiger partial charge in [-0.05, 0) is 30.2 Å². The molecule has 0 aliphatic rings. The first-order valence-corrected chi connectivity index (χ1v) is 4.80. The van der Waals surface area contributed by atoms with E-state index in [-0.39, 0.29) is 24.2 Å². The number of ether oxygens (including phenoxy) is 1. The van der Waals surface area contributed by atoms with Crippen LogP contribution in [0.1, 0.15) is 17.5 Å². The van der Waals surface area contributed by atoms with E-state index in [0.717, 1.165) is 12.1 Å². The monoisotopic (exact) mass is 248 g/mol. The summed E-state index contributed by atoms with van der Waals surface area (Å²) in [7, 11) is 1.33. The van der Waals surface area contributed by atoms with Gasteiger partial charge in [0.25, 0.3) is 0 Å². The van der Waals surface area contributed by atoms with Gasteiger partial charge in [-0.25, -0.2) is 0 Å². The number of carbonyl (C=O) groups is 1. The van der Waals surface area contributed by atoms with Crippen molar-refractivity contribution in [2.45, 2.75) is 19.0 Å². The number of aryl methyl sites for hydroxylation is 1. The Balaban J connectivity index is 3.02. The number of carboxylic acid groups (broad SMARTS) is 1. The van der Waals surface area contributed by atoms with Crippen molar-refractivity contribution in [2.75, 3.05) is 7.11 Å². The quantitative estimate of drug-likeness (QED) is 0.891. The maximum Gasteiger partial charge on any atom is 0.416 e. The van der Waals surface area contributed by atoms with Crippen LogP contribution in [0.5, 0.6) is 5.75 Å². The molecule has 1 aromatic carbocycles. The number of carboxylic acids is 1. The van der Waals surface area contributed by atoms with Gasteiger partial charge in [0.15, 0.2) is 0 Å². The number of rotatable bonds is 4. The lowest BCUT2D eigenvalue weighted by atomic mass is 10.0. The molecule has 17 heavy (non-hydrogen) atoms. The second-order valence-electron chi connectivity index (χ2n) is 3.42. The number of alkyl halides is 3. The smallest absolute Gasteiger partial charge is 0.416 e. The van der Waals surface area contributed by atoms with E-state index in [1.807, 2.05) is 0 Å². The van der Waals surface area contributed by atoms with Crippen molar-refractivity contribution in [1.82, 2.24) is 0 Å². The lowest BCUT2D eigenvalue weighted by Gasteiger charge is -2.12. The summed E-state index contributed by atoms with van der Waals surface area (Å²) in [6.45, 7) is 0. The zero-order valence-corrected chi connectivity index (χ0v) is 9.04. The summed E-state index contributed by atoms with van der Waals surface area (Å²) < 4.78 is 42.2. The SMILES string of the molecule is COc1ccc(C(F)(F)F)cc1CCC(=O)O. The molecule has 0 saturated heterocycles. The van der Waals surface area contributed by atoms with Gasteiger partial charge in [-0.15, -0.1) is 0 Å². The summed E-state index contributed by atoms with van der Waals surface area (Å²) in [6.07, 6.45) is -4.68. The highest BCUT2D eigenvalue weighted by molar-refractivity contribution is 5.67. The molecule has 0 atom stereocenters. The molecule has 1 aromatic rings. The predicted octanol–water partition coefficient (Wildman–Crippen LogP) is 2.73. The van der Waals surface area contributed by atoms with Crippen LogP contribution in [-0.2, 0) is 17.4 Å². The van der Waals surface area contributed by atoms with Crippen LogP contribution in [0, 0.1) is 0 Å². The van der Waals surface area contributed by atoms with Gasteiger partial charge in [-0.1, -0.05) is 0 Å². The molecule has 6 heteroatoms. The highest BCUT2D eigenvalue weighted by Gasteiger charge is 2.31. The van der Waals surface area contributed by atoms with E-state index in [4.69, 9.17) is 9.84 Å². The average Bonchev–Trinajstić information content (AvgIpc) is 2.24. The number of methoxy groups -OCH3 is 1. The normalized spacial score (nSPS) is 11.3. The highest BCUT2D eigenvalue weighted by atomic mass is 19.4. The number of hydrogen-bond acceptors (Lipinski definition) is 2. The lowest BCUT2D eigenvalue weighted by Crippen LogP contribution is -2.07. The van der Waals surface area contributed by atoms with E-state index < -0.39 is 17.7 Å². The molecule has 0 heterocycles. The van der Waals surface area contributed by atoms with Crippen LogP contribution in [0.15, 0.2) is 18.2 Å². The fraction of sp³-hybridized carbons (Fsp3) is 0.364. The van der Waals surface area contributed by atoms with Crippen LogP contribution in [0.3, 0.4) is 0 Å². The maximum absolute atomic E-state index is 12.4. The van der Waals surface area contributed by atoms with Gasteiger partial charge >= 0.3 is 12.1 Å². The molecular formula is C11H11F3O3. The van der Waals surface area contributed by atoms with E-state index in [1.54, 1.807) is 0 Å². The molecule has 0 saturated carbocycles. The molecule has 3 nitrogen and oxygen atoms in total. The van der Waals surface area contributed by atoms with Crippen molar-refractivity contribution in [3.8, 4) is 5.75 Å². The van der Waals surface area contributed by atoms with Crippen LogP contribution < -0.4 is 4.74 Å². The average molecular weight is 248 g/mol.